The Balaban J connectivity index is 1.54. The maximum atomic E-state index is 5.98. The van der Waals surface area contributed by atoms with Crippen molar-refractivity contribution in [1.29, 1.82) is 0 Å². The highest BCUT2D eigenvalue weighted by atomic mass is 35.5. The van der Waals surface area contributed by atoms with E-state index < -0.39 is 0 Å². The van der Waals surface area contributed by atoms with Gasteiger partial charge in [-0.05, 0) is 49.1 Å². The van der Waals surface area contributed by atoms with Gasteiger partial charge >= 0.3 is 0 Å². The van der Waals surface area contributed by atoms with Crippen LogP contribution in [0.4, 0.5) is 17.5 Å². The van der Waals surface area contributed by atoms with Gasteiger partial charge in [-0.3, -0.25) is 0 Å². The first-order chi connectivity index (χ1) is 12.2. The number of nitrogens with zero attached hydrogens (tertiary/aromatic N) is 3. The molecule has 0 radical (unpaired) electrons. The lowest BCUT2D eigenvalue weighted by atomic mass is 10.1. The summed E-state index contributed by atoms with van der Waals surface area (Å²) in [6.07, 6.45) is 3.62. The highest BCUT2D eigenvalue weighted by Crippen LogP contribution is 2.22. The average Bonchev–Trinajstić information content (AvgIpc) is 2.62. The molecule has 6 heteroatoms. The Morgan fingerprint density at radius 3 is 2.72 bits per heavy atom. The Morgan fingerprint density at radius 1 is 1.08 bits per heavy atom. The van der Waals surface area contributed by atoms with Crippen molar-refractivity contribution in [2.75, 3.05) is 17.2 Å². The second kappa shape index (κ2) is 8.44. The molecule has 5 nitrogen and oxygen atoms in total. The summed E-state index contributed by atoms with van der Waals surface area (Å²) in [5.41, 5.74) is 3.32. The van der Waals surface area contributed by atoms with E-state index in [4.69, 9.17) is 11.6 Å². The molecule has 0 aliphatic rings. The van der Waals surface area contributed by atoms with Crippen molar-refractivity contribution < 1.29 is 0 Å². The zero-order valence-corrected chi connectivity index (χ0v) is 14.8. The van der Waals surface area contributed by atoms with Gasteiger partial charge in [-0.25, -0.2) is 0 Å². The lowest BCUT2D eigenvalue weighted by Crippen LogP contribution is -2.08. The summed E-state index contributed by atoms with van der Waals surface area (Å²) < 4.78 is 0. The van der Waals surface area contributed by atoms with E-state index in [2.05, 4.69) is 50.1 Å². The molecule has 2 aromatic carbocycles. The van der Waals surface area contributed by atoms with Crippen molar-refractivity contribution in [2.45, 2.75) is 19.8 Å². The summed E-state index contributed by atoms with van der Waals surface area (Å²) in [4.78, 5) is 4.45. The molecule has 0 aliphatic heterocycles. The van der Waals surface area contributed by atoms with Crippen molar-refractivity contribution in [3.8, 4) is 0 Å². The second-order valence-corrected chi connectivity index (χ2v) is 6.20. The monoisotopic (exact) mass is 353 g/mol. The van der Waals surface area contributed by atoms with Crippen LogP contribution in [0.2, 0.25) is 5.02 Å². The van der Waals surface area contributed by atoms with Crippen LogP contribution in [0, 0.1) is 6.92 Å². The molecule has 128 valence electrons. The predicted molar refractivity (Wildman–Crippen MR) is 103 cm³/mol. The van der Waals surface area contributed by atoms with Crippen LogP contribution >= 0.6 is 11.6 Å². The van der Waals surface area contributed by atoms with E-state index in [1.54, 1.807) is 6.20 Å². The topological polar surface area (TPSA) is 62.7 Å². The van der Waals surface area contributed by atoms with Crippen molar-refractivity contribution >= 4 is 29.1 Å². The molecular formula is C19H20ClN5. The molecule has 2 N–H and O–H groups in total. The number of aryl methyl sites for hydroxylation is 2. The number of halogens is 1. The molecule has 0 aliphatic carbocycles. The smallest absolute Gasteiger partial charge is 0.244 e. The van der Waals surface area contributed by atoms with Gasteiger partial charge in [-0.15, -0.1) is 5.10 Å². The molecule has 0 spiro atoms. The van der Waals surface area contributed by atoms with Crippen LogP contribution in [0.3, 0.4) is 0 Å². The molecule has 0 saturated heterocycles. The minimum atomic E-state index is 0.518. The maximum absolute atomic E-state index is 5.98. The van der Waals surface area contributed by atoms with E-state index in [9.17, 15) is 0 Å². The fourth-order valence-electron chi connectivity index (χ4n) is 2.48. The van der Waals surface area contributed by atoms with E-state index in [0.29, 0.717) is 16.8 Å². The van der Waals surface area contributed by atoms with Gasteiger partial charge in [-0.1, -0.05) is 41.9 Å². The zero-order chi connectivity index (χ0) is 17.5. The molecule has 1 aromatic heterocycles. The van der Waals surface area contributed by atoms with Crippen LogP contribution in [0.25, 0.3) is 0 Å². The van der Waals surface area contributed by atoms with Gasteiger partial charge in [0, 0.05) is 17.3 Å². The molecule has 25 heavy (non-hydrogen) atoms. The Labute approximate surface area is 152 Å². The minimum absolute atomic E-state index is 0.518. The normalized spacial score (nSPS) is 10.5. The van der Waals surface area contributed by atoms with Crippen LogP contribution in [-0.2, 0) is 6.42 Å². The number of rotatable bonds is 7. The SMILES string of the molecule is Cc1cc(Cl)ccc1Nc1cnnc(NCCCc2ccccc2)n1. The first-order valence-electron chi connectivity index (χ1n) is 8.21. The number of aromatic nitrogens is 3. The van der Waals surface area contributed by atoms with Crippen molar-refractivity contribution in [3.63, 3.8) is 0 Å². The number of hydrogen-bond donors (Lipinski definition) is 2. The number of anilines is 3. The predicted octanol–water partition coefficient (Wildman–Crippen LogP) is 4.62. The van der Waals surface area contributed by atoms with Gasteiger partial charge in [0.15, 0.2) is 5.82 Å². The van der Waals surface area contributed by atoms with E-state index in [1.165, 1.54) is 5.56 Å². The Bertz CT molecular complexity index is 823. The fraction of sp³-hybridized carbons (Fsp3) is 0.211. The third-order valence-electron chi connectivity index (χ3n) is 3.78. The molecule has 0 fully saturated rings. The standard InChI is InChI=1S/C19H20ClN5/c1-14-12-16(20)9-10-17(14)23-18-13-22-25-19(24-18)21-11-5-8-15-6-3-2-4-7-15/h2-4,6-7,9-10,12-13H,5,8,11H2,1H3,(H2,21,23,24,25). The van der Waals surface area contributed by atoms with E-state index in [0.717, 1.165) is 30.6 Å². The molecule has 3 rings (SSSR count). The average molecular weight is 354 g/mol. The number of nitrogens with one attached hydrogen (secondary N) is 2. The first kappa shape index (κ1) is 17.2. The highest BCUT2D eigenvalue weighted by molar-refractivity contribution is 6.30. The molecule has 1 heterocycles. The maximum Gasteiger partial charge on any atom is 0.244 e. The minimum Gasteiger partial charge on any atom is -0.353 e. The third-order valence-corrected chi connectivity index (χ3v) is 4.01. The van der Waals surface area contributed by atoms with Crippen molar-refractivity contribution in [3.05, 3.63) is 70.9 Å². The van der Waals surface area contributed by atoms with Gasteiger partial charge in [0.1, 0.15) is 0 Å². The van der Waals surface area contributed by atoms with Crippen LogP contribution < -0.4 is 10.6 Å². The summed E-state index contributed by atoms with van der Waals surface area (Å²) in [6, 6.07) is 16.1. The van der Waals surface area contributed by atoms with E-state index in [-0.39, 0.29) is 0 Å². The highest BCUT2D eigenvalue weighted by Gasteiger charge is 2.04. The quantitative estimate of drug-likeness (QED) is 0.607. The molecule has 0 saturated carbocycles. The molecule has 0 unspecified atom stereocenters. The third kappa shape index (κ3) is 5.16. The summed E-state index contributed by atoms with van der Waals surface area (Å²) in [5.74, 6) is 1.16. The Hall–Kier alpha value is -2.66. The summed E-state index contributed by atoms with van der Waals surface area (Å²) >= 11 is 5.98. The van der Waals surface area contributed by atoms with Crippen LogP contribution in [-0.4, -0.2) is 21.7 Å². The van der Waals surface area contributed by atoms with Crippen molar-refractivity contribution in [2.24, 2.45) is 0 Å². The Kier molecular flexibility index (Phi) is 5.80. The number of hydrogen-bond acceptors (Lipinski definition) is 5. The van der Waals surface area contributed by atoms with Crippen LogP contribution in [0.5, 0.6) is 0 Å². The second-order valence-electron chi connectivity index (χ2n) is 5.77. The van der Waals surface area contributed by atoms with Gasteiger partial charge < -0.3 is 10.6 Å². The van der Waals surface area contributed by atoms with Gasteiger partial charge in [-0.2, -0.15) is 10.1 Å². The molecule has 0 amide bonds. The van der Waals surface area contributed by atoms with E-state index >= 15 is 0 Å². The summed E-state index contributed by atoms with van der Waals surface area (Å²) in [5, 5.41) is 15.2. The van der Waals surface area contributed by atoms with E-state index in [1.807, 2.05) is 31.2 Å². The molecule has 3 aromatic rings. The lowest BCUT2D eigenvalue weighted by molar-refractivity contribution is 0.843. The van der Waals surface area contributed by atoms with Gasteiger partial charge in [0.25, 0.3) is 0 Å². The van der Waals surface area contributed by atoms with Crippen LogP contribution in [0.1, 0.15) is 17.5 Å². The summed E-state index contributed by atoms with van der Waals surface area (Å²) in [6.45, 7) is 2.78. The summed E-state index contributed by atoms with van der Waals surface area (Å²) in [7, 11) is 0. The largest absolute Gasteiger partial charge is 0.353 e. The molecule has 0 bridgehead atoms. The zero-order valence-electron chi connectivity index (χ0n) is 14.0. The molecular weight excluding hydrogens is 334 g/mol. The van der Waals surface area contributed by atoms with Crippen LogP contribution in [0.15, 0.2) is 54.7 Å². The first-order valence-corrected chi connectivity index (χ1v) is 8.59. The Morgan fingerprint density at radius 2 is 1.92 bits per heavy atom. The number of benzene rings is 2. The van der Waals surface area contributed by atoms with Crippen molar-refractivity contribution in [1.82, 2.24) is 15.2 Å². The lowest BCUT2D eigenvalue weighted by Gasteiger charge is -2.10. The fourth-order valence-corrected chi connectivity index (χ4v) is 2.71. The van der Waals surface area contributed by atoms with Gasteiger partial charge in [0.05, 0.1) is 6.20 Å². The van der Waals surface area contributed by atoms with Gasteiger partial charge in [0.2, 0.25) is 5.95 Å². The molecule has 0 atom stereocenters.